The molecule has 1 fully saturated rings. The molecule has 72 valence electrons. The Hall–Kier alpha value is -0.570. The fourth-order valence-electron chi connectivity index (χ4n) is 2.38. The summed E-state index contributed by atoms with van der Waals surface area (Å²) in [5, 5.41) is 7.33. The van der Waals surface area contributed by atoms with Crippen LogP contribution < -0.4 is 10.6 Å². The third-order valence-corrected chi connectivity index (χ3v) is 3.12. The van der Waals surface area contributed by atoms with Crippen molar-refractivity contribution in [3.05, 3.63) is 11.8 Å². The van der Waals surface area contributed by atoms with Gasteiger partial charge in [-0.1, -0.05) is 19.3 Å². The van der Waals surface area contributed by atoms with Gasteiger partial charge in [-0.05, 0) is 38.1 Å². The monoisotopic (exact) mass is 196 g/mol. The van der Waals surface area contributed by atoms with E-state index in [1.54, 1.807) is 0 Å². The summed E-state index contributed by atoms with van der Waals surface area (Å²) in [6, 6.07) is 0. The number of nitrogens with one attached hydrogen (secondary N) is 2. The minimum atomic E-state index is 0.185. The highest BCUT2D eigenvalue weighted by atomic mass is 32.1. The van der Waals surface area contributed by atoms with Crippen molar-refractivity contribution in [3.63, 3.8) is 0 Å². The van der Waals surface area contributed by atoms with E-state index in [1.807, 2.05) is 0 Å². The van der Waals surface area contributed by atoms with Gasteiger partial charge in [0.2, 0.25) is 0 Å². The lowest BCUT2D eigenvalue weighted by Gasteiger charge is -2.40. The maximum atomic E-state index is 5.17. The van der Waals surface area contributed by atoms with E-state index >= 15 is 0 Å². The smallest absolute Gasteiger partial charge is 0.171 e. The number of allylic oxidation sites excluding steroid dienone is 1. The van der Waals surface area contributed by atoms with Crippen LogP contribution in [0.2, 0.25) is 0 Å². The number of rotatable bonds is 0. The first-order valence-corrected chi connectivity index (χ1v) is 5.40. The molecule has 1 heterocycles. The van der Waals surface area contributed by atoms with Crippen molar-refractivity contribution in [3.8, 4) is 0 Å². The minimum Gasteiger partial charge on any atom is -0.353 e. The molecule has 1 spiro atoms. The highest BCUT2D eigenvalue weighted by molar-refractivity contribution is 7.80. The Morgan fingerprint density at radius 3 is 2.62 bits per heavy atom. The van der Waals surface area contributed by atoms with E-state index in [0.29, 0.717) is 0 Å². The lowest BCUT2D eigenvalue weighted by molar-refractivity contribution is 0.320. The van der Waals surface area contributed by atoms with Crippen LogP contribution in [0.25, 0.3) is 0 Å². The zero-order valence-electron chi connectivity index (χ0n) is 8.02. The fourth-order valence-corrected chi connectivity index (χ4v) is 2.74. The largest absolute Gasteiger partial charge is 0.353 e. The van der Waals surface area contributed by atoms with E-state index < -0.39 is 0 Å². The molecule has 1 aliphatic heterocycles. The quantitative estimate of drug-likeness (QED) is 0.580. The van der Waals surface area contributed by atoms with Gasteiger partial charge in [0, 0.05) is 5.70 Å². The molecule has 0 atom stereocenters. The molecule has 0 bridgehead atoms. The van der Waals surface area contributed by atoms with E-state index in [2.05, 4.69) is 23.6 Å². The highest BCUT2D eigenvalue weighted by Crippen LogP contribution is 2.31. The van der Waals surface area contributed by atoms with Crippen molar-refractivity contribution in [2.24, 2.45) is 0 Å². The topological polar surface area (TPSA) is 24.1 Å². The molecule has 2 nitrogen and oxygen atoms in total. The Kier molecular flexibility index (Phi) is 2.28. The summed E-state index contributed by atoms with van der Waals surface area (Å²) in [7, 11) is 0. The van der Waals surface area contributed by atoms with Crippen molar-refractivity contribution in [2.45, 2.75) is 44.6 Å². The third-order valence-electron chi connectivity index (χ3n) is 2.91. The van der Waals surface area contributed by atoms with E-state index in [9.17, 15) is 0 Å². The summed E-state index contributed by atoms with van der Waals surface area (Å²) in [6.07, 6.45) is 8.77. The van der Waals surface area contributed by atoms with Gasteiger partial charge >= 0.3 is 0 Å². The van der Waals surface area contributed by atoms with Crippen LogP contribution in [0.1, 0.15) is 39.0 Å². The highest BCUT2D eigenvalue weighted by Gasteiger charge is 2.32. The molecular formula is C10H16N2S. The zero-order valence-corrected chi connectivity index (χ0v) is 8.84. The van der Waals surface area contributed by atoms with E-state index in [4.69, 9.17) is 12.2 Å². The first-order valence-electron chi connectivity index (χ1n) is 4.99. The molecule has 0 saturated heterocycles. The molecule has 0 radical (unpaired) electrons. The third kappa shape index (κ3) is 1.85. The molecule has 0 aromatic heterocycles. The number of thiocarbonyl (C=S) groups is 1. The van der Waals surface area contributed by atoms with E-state index in [1.165, 1.54) is 37.8 Å². The summed E-state index contributed by atoms with van der Waals surface area (Å²) >= 11 is 5.17. The predicted molar refractivity (Wildman–Crippen MR) is 58.4 cm³/mol. The molecule has 0 aromatic carbocycles. The molecule has 13 heavy (non-hydrogen) atoms. The van der Waals surface area contributed by atoms with E-state index in [0.717, 1.165) is 5.11 Å². The van der Waals surface area contributed by atoms with Crippen LogP contribution in [-0.4, -0.2) is 10.7 Å². The average Bonchev–Trinajstić information content (AvgIpc) is 2.02. The zero-order chi connectivity index (χ0) is 9.31. The van der Waals surface area contributed by atoms with Gasteiger partial charge in [-0.3, -0.25) is 0 Å². The van der Waals surface area contributed by atoms with Crippen LogP contribution in [-0.2, 0) is 0 Å². The maximum Gasteiger partial charge on any atom is 0.171 e. The second-order valence-corrected chi connectivity index (χ2v) is 4.53. The summed E-state index contributed by atoms with van der Waals surface area (Å²) in [5.41, 5.74) is 1.38. The lowest BCUT2D eigenvalue weighted by atomic mass is 9.80. The van der Waals surface area contributed by atoms with Crippen molar-refractivity contribution in [1.29, 1.82) is 0 Å². The van der Waals surface area contributed by atoms with Crippen LogP contribution in [0.15, 0.2) is 11.8 Å². The van der Waals surface area contributed by atoms with Gasteiger partial charge in [0.05, 0.1) is 5.54 Å². The standard InChI is InChI=1S/C10H16N2S/c1-8-7-10(12-9(13)11-8)5-3-2-4-6-10/h7H,2-6H2,1H3,(H2,11,12,13). The van der Waals surface area contributed by atoms with E-state index in [-0.39, 0.29) is 5.54 Å². The molecule has 2 N–H and O–H groups in total. The van der Waals surface area contributed by atoms with Crippen LogP contribution in [0, 0.1) is 0 Å². The van der Waals surface area contributed by atoms with Crippen molar-refractivity contribution in [2.75, 3.05) is 0 Å². The maximum absolute atomic E-state index is 5.17. The molecule has 2 aliphatic rings. The molecule has 1 aliphatic carbocycles. The van der Waals surface area contributed by atoms with Crippen LogP contribution in [0.5, 0.6) is 0 Å². The van der Waals surface area contributed by atoms with Crippen molar-refractivity contribution >= 4 is 17.3 Å². The summed E-state index contributed by atoms with van der Waals surface area (Å²) in [4.78, 5) is 0. The SMILES string of the molecule is CC1=CC2(CCCCC2)NC(=S)N1. The Labute approximate surface area is 84.8 Å². The number of hydrogen-bond donors (Lipinski definition) is 2. The molecule has 3 heteroatoms. The Balaban J connectivity index is 2.20. The summed E-state index contributed by atoms with van der Waals surface area (Å²) in [6.45, 7) is 2.09. The first-order chi connectivity index (χ1) is 6.20. The van der Waals surface area contributed by atoms with Crippen molar-refractivity contribution < 1.29 is 0 Å². The molecule has 0 unspecified atom stereocenters. The molecular weight excluding hydrogens is 180 g/mol. The van der Waals surface area contributed by atoms with Gasteiger partial charge < -0.3 is 10.6 Å². The minimum absolute atomic E-state index is 0.185. The first kappa shape index (κ1) is 9.00. The average molecular weight is 196 g/mol. The van der Waals surface area contributed by atoms with Gasteiger partial charge in [-0.25, -0.2) is 0 Å². The normalized spacial score (nSPS) is 26.2. The number of hydrogen-bond acceptors (Lipinski definition) is 1. The molecule has 2 rings (SSSR count). The second kappa shape index (κ2) is 3.29. The Morgan fingerprint density at radius 2 is 2.00 bits per heavy atom. The van der Waals surface area contributed by atoms with Gasteiger partial charge in [0.25, 0.3) is 0 Å². The fraction of sp³-hybridized carbons (Fsp3) is 0.700. The predicted octanol–water partition coefficient (Wildman–Crippen LogP) is 2.07. The summed E-state index contributed by atoms with van der Waals surface area (Å²) in [5.74, 6) is 0. The van der Waals surface area contributed by atoms with Crippen molar-refractivity contribution in [1.82, 2.24) is 10.6 Å². The van der Waals surface area contributed by atoms with Crippen LogP contribution in [0.3, 0.4) is 0 Å². The Morgan fingerprint density at radius 1 is 1.31 bits per heavy atom. The van der Waals surface area contributed by atoms with Gasteiger partial charge in [-0.15, -0.1) is 0 Å². The van der Waals surface area contributed by atoms with Gasteiger partial charge in [0.1, 0.15) is 0 Å². The second-order valence-electron chi connectivity index (χ2n) is 4.12. The Bertz CT molecular complexity index is 252. The van der Waals surface area contributed by atoms with Gasteiger partial charge in [0.15, 0.2) is 5.11 Å². The van der Waals surface area contributed by atoms with Crippen LogP contribution in [0.4, 0.5) is 0 Å². The molecule has 1 saturated carbocycles. The van der Waals surface area contributed by atoms with Crippen LogP contribution >= 0.6 is 12.2 Å². The summed E-state index contributed by atoms with van der Waals surface area (Å²) < 4.78 is 0. The lowest BCUT2D eigenvalue weighted by Crippen LogP contribution is -2.55. The molecule has 0 aromatic rings. The molecule has 0 amide bonds. The van der Waals surface area contributed by atoms with Gasteiger partial charge in [-0.2, -0.15) is 0 Å².